The van der Waals surface area contributed by atoms with E-state index in [2.05, 4.69) is 5.10 Å². The van der Waals surface area contributed by atoms with Crippen LogP contribution in [-0.4, -0.2) is 39.4 Å². The molecule has 0 aliphatic carbocycles. The highest BCUT2D eigenvalue weighted by atomic mass is 19.4. The lowest BCUT2D eigenvalue weighted by Crippen LogP contribution is -2.57. The van der Waals surface area contributed by atoms with E-state index in [1.54, 1.807) is 0 Å². The van der Waals surface area contributed by atoms with Crippen molar-refractivity contribution in [1.29, 1.82) is 0 Å². The van der Waals surface area contributed by atoms with Crippen LogP contribution in [0.15, 0.2) is 5.10 Å². The Bertz CT molecular complexity index is 444. The molecule has 0 saturated heterocycles. The highest BCUT2D eigenvalue weighted by molar-refractivity contribution is 5.89. The third kappa shape index (κ3) is 4.34. The lowest BCUT2D eigenvalue weighted by atomic mass is 10.0. The van der Waals surface area contributed by atoms with Gasteiger partial charge in [0.05, 0.1) is 0 Å². The van der Waals surface area contributed by atoms with E-state index in [4.69, 9.17) is 4.74 Å². The summed E-state index contributed by atoms with van der Waals surface area (Å²) in [5.74, 6) is 0. The molecule has 0 saturated carbocycles. The number of unbranched alkanes of at least 4 members (excludes halogenated alkanes) is 2. The molecule has 0 aromatic rings. The van der Waals surface area contributed by atoms with E-state index >= 15 is 0 Å². The van der Waals surface area contributed by atoms with Crippen molar-refractivity contribution < 1.29 is 27.8 Å². The summed E-state index contributed by atoms with van der Waals surface area (Å²) in [4.78, 5) is 11.9. The van der Waals surface area contributed by atoms with Gasteiger partial charge in [-0.05, 0) is 33.6 Å². The fraction of sp³-hybridized carbons (Fsp3) is 0.857. The van der Waals surface area contributed by atoms with Crippen LogP contribution in [-0.2, 0) is 4.74 Å². The number of alkyl halides is 3. The van der Waals surface area contributed by atoms with Crippen LogP contribution in [0.4, 0.5) is 18.0 Å². The molecule has 1 heterocycles. The number of ether oxygens (including phenoxy) is 1. The Morgan fingerprint density at radius 1 is 1.36 bits per heavy atom. The smallest absolute Gasteiger partial charge is 0.439 e. The standard InChI is InChI=1S/C14H23F3N2O3/c1-5-6-7-8-10-9-13(21,14(15,16)17)19(18-10)11(20)22-12(2,3)4/h21H,5-9H2,1-4H3/t13-/m1/s1. The van der Waals surface area contributed by atoms with Crippen molar-refractivity contribution in [1.82, 2.24) is 5.01 Å². The second kappa shape index (κ2) is 6.44. The molecule has 0 radical (unpaired) electrons. The molecule has 1 N–H and O–H groups in total. The average Bonchev–Trinajstić information content (AvgIpc) is 2.65. The third-order valence-electron chi connectivity index (χ3n) is 3.13. The van der Waals surface area contributed by atoms with Crippen LogP contribution in [0, 0.1) is 0 Å². The van der Waals surface area contributed by atoms with Crippen molar-refractivity contribution in [3.8, 4) is 0 Å². The van der Waals surface area contributed by atoms with Gasteiger partial charge in [-0.25, -0.2) is 4.79 Å². The average molecular weight is 324 g/mol. The molecular weight excluding hydrogens is 301 g/mol. The van der Waals surface area contributed by atoms with Crippen LogP contribution in [0.5, 0.6) is 0 Å². The van der Waals surface area contributed by atoms with Crippen LogP contribution in [0.2, 0.25) is 0 Å². The largest absolute Gasteiger partial charge is 0.442 e. The van der Waals surface area contributed by atoms with Crippen molar-refractivity contribution in [2.24, 2.45) is 5.10 Å². The lowest BCUT2D eigenvalue weighted by molar-refractivity contribution is -0.300. The number of hydrazone groups is 1. The Morgan fingerprint density at radius 3 is 2.41 bits per heavy atom. The zero-order chi connectivity index (χ0) is 17.2. The van der Waals surface area contributed by atoms with E-state index in [1.165, 1.54) is 20.8 Å². The molecule has 0 aromatic heterocycles. The van der Waals surface area contributed by atoms with E-state index in [-0.39, 0.29) is 10.7 Å². The number of hydrogen-bond acceptors (Lipinski definition) is 4. The van der Waals surface area contributed by atoms with Crippen molar-refractivity contribution in [2.45, 2.75) is 77.3 Å². The number of hydrogen-bond donors (Lipinski definition) is 1. The first-order valence-corrected chi connectivity index (χ1v) is 7.29. The summed E-state index contributed by atoms with van der Waals surface area (Å²) in [5, 5.41) is 13.7. The van der Waals surface area contributed by atoms with Gasteiger partial charge in [0.2, 0.25) is 0 Å². The predicted octanol–water partition coefficient (Wildman–Crippen LogP) is 3.81. The van der Waals surface area contributed by atoms with Gasteiger partial charge >= 0.3 is 12.3 Å². The number of amides is 1. The quantitative estimate of drug-likeness (QED) is 0.800. The predicted molar refractivity (Wildman–Crippen MR) is 75.3 cm³/mol. The second-order valence-corrected chi connectivity index (χ2v) is 6.41. The van der Waals surface area contributed by atoms with Gasteiger partial charge in [0.1, 0.15) is 5.60 Å². The summed E-state index contributed by atoms with van der Waals surface area (Å²) in [6, 6.07) is 0. The molecule has 0 aromatic carbocycles. The van der Waals surface area contributed by atoms with Crippen LogP contribution in [0.3, 0.4) is 0 Å². The second-order valence-electron chi connectivity index (χ2n) is 6.41. The van der Waals surface area contributed by atoms with Gasteiger partial charge in [0.25, 0.3) is 5.72 Å². The Labute approximate surface area is 128 Å². The Morgan fingerprint density at radius 2 is 1.95 bits per heavy atom. The van der Waals surface area contributed by atoms with E-state index in [1.807, 2.05) is 6.92 Å². The number of rotatable bonds is 4. The Kier molecular flexibility index (Phi) is 5.48. The molecule has 5 nitrogen and oxygen atoms in total. The van der Waals surface area contributed by atoms with E-state index < -0.39 is 30.0 Å². The number of carbonyl (C=O) groups is 1. The molecule has 1 atom stereocenters. The van der Waals surface area contributed by atoms with Gasteiger partial charge in [-0.2, -0.15) is 23.3 Å². The summed E-state index contributed by atoms with van der Waals surface area (Å²) in [6.45, 7) is 6.55. The molecule has 1 rings (SSSR count). The fourth-order valence-corrected chi connectivity index (χ4v) is 2.05. The van der Waals surface area contributed by atoms with Crippen LogP contribution >= 0.6 is 0 Å². The Hall–Kier alpha value is -1.31. The molecule has 0 bridgehead atoms. The summed E-state index contributed by atoms with van der Waals surface area (Å²) in [5.41, 5.74) is -4.17. The summed E-state index contributed by atoms with van der Waals surface area (Å²) in [6.07, 6.45) is -4.34. The first-order valence-electron chi connectivity index (χ1n) is 7.29. The van der Waals surface area contributed by atoms with E-state index in [0.717, 1.165) is 12.8 Å². The highest BCUT2D eigenvalue weighted by Gasteiger charge is 2.63. The van der Waals surface area contributed by atoms with Crippen molar-refractivity contribution in [3.63, 3.8) is 0 Å². The van der Waals surface area contributed by atoms with Crippen LogP contribution in [0.25, 0.3) is 0 Å². The van der Waals surface area contributed by atoms with Gasteiger partial charge in [0.15, 0.2) is 0 Å². The van der Waals surface area contributed by atoms with Gasteiger partial charge in [-0.1, -0.05) is 19.8 Å². The SMILES string of the molecule is CCCCCC1=NN(C(=O)OC(C)(C)C)[C@](O)(C(F)(F)F)C1. The third-order valence-corrected chi connectivity index (χ3v) is 3.13. The number of nitrogens with zero attached hydrogens (tertiary/aromatic N) is 2. The van der Waals surface area contributed by atoms with Crippen molar-refractivity contribution >= 4 is 11.8 Å². The molecule has 1 aliphatic heterocycles. The molecule has 1 amide bonds. The molecule has 8 heteroatoms. The molecule has 22 heavy (non-hydrogen) atoms. The molecule has 128 valence electrons. The van der Waals surface area contributed by atoms with Gasteiger partial charge in [0, 0.05) is 12.1 Å². The summed E-state index contributed by atoms with van der Waals surface area (Å²) < 4.78 is 44.4. The normalized spacial score (nSPS) is 22.7. The Balaban J connectivity index is 2.97. The monoisotopic (exact) mass is 324 g/mol. The molecule has 0 fully saturated rings. The zero-order valence-electron chi connectivity index (χ0n) is 13.3. The summed E-state index contributed by atoms with van der Waals surface area (Å²) >= 11 is 0. The molecular formula is C14H23F3N2O3. The van der Waals surface area contributed by atoms with E-state index in [0.29, 0.717) is 12.8 Å². The minimum Gasteiger partial charge on any atom is -0.442 e. The van der Waals surface area contributed by atoms with Crippen molar-refractivity contribution in [2.75, 3.05) is 0 Å². The maximum absolute atomic E-state index is 13.2. The van der Waals surface area contributed by atoms with Gasteiger partial charge in [-0.3, -0.25) is 0 Å². The minimum absolute atomic E-state index is 0.0273. The van der Waals surface area contributed by atoms with Gasteiger partial charge in [-0.15, -0.1) is 0 Å². The lowest BCUT2D eigenvalue weighted by Gasteiger charge is -2.33. The molecule has 0 unspecified atom stereocenters. The summed E-state index contributed by atoms with van der Waals surface area (Å²) in [7, 11) is 0. The highest BCUT2D eigenvalue weighted by Crippen LogP contribution is 2.41. The zero-order valence-corrected chi connectivity index (χ0v) is 13.3. The minimum atomic E-state index is -5.01. The maximum atomic E-state index is 13.2. The number of halogens is 3. The maximum Gasteiger partial charge on any atom is 0.439 e. The van der Waals surface area contributed by atoms with Crippen LogP contribution in [0.1, 0.15) is 59.8 Å². The molecule has 0 spiro atoms. The first kappa shape index (κ1) is 18.7. The number of carbonyl (C=O) groups excluding carboxylic acids is 1. The van der Waals surface area contributed by atoms with Gasteiger partial charge < -0.3 is 9.84 Å². The topological polar surface area (TPSA) is 62.1 Å². The van der Waals surface area contributed by atoms with Crippen LogP contribution < -0.4 is 0 Å². The molecule has 1 aliphatic rings. The fourth-order valence-electron chi connectivity index (χ4n) is 2.05. The van der Waals surface area contributed by atoms with Crippen molar-refractivity contribution in [3.05, 3.63) is 0 Å². The number of aliphatic hydroxyl groups is 1. The van der Waals surface area contributed by atoms with E-state index in [9.17, 15) is 23.1 Å². The first-order chi connectivity index (χ1) is 9.90.